The van der Waals surface area contributed by atoms with Gasteiger partial charge in [0.1, 0.15) is 17.7 Å². The van der Waals surface area contributed by atoms with Gasteiger partial charge >= 0.3 is 0 Å². The number of hydrogen-bond acceptors (Lipinski definition) is 3. The van der Waals surface area contributed by atoms with Gasteiger partial charge in [-0.3, -0.25) is 4.79 Å². The van der Waals surface area contributed by atoms with Crippen molar-refractivity contribution in [2.45, 2.75) is 6.04 Å². The molecule has 0 aromatic heterocycles. The monoisotopic (exact) mass is 230 g/mol. The number of nitrogens with two attached hydrogens (primary N) is 1. The third-order valence-electron chi connectivity index (χ3n) is 2.12. The molecule has 1 unspecified atom stereocenters. The van der Waals surface area contributed by atoms with Crippen molar-refractivity contribution in [1.82, 2.24) is 0 Å². The Morgan fingerprint density at radius 1 is 1.56 bits per heavy atom. The van der Waals surface area contributed by atoms with Crippen molar-refractivity contribution >= 4 is 11.6 Å². The summed E-state index contributed by atoms with van der Waals surface area (Å²) in [6, 6.07) is 1.72. The molecule has 0 aliphatic carbocycles. The predicted molar refractivity (Wildman–Crippen MR) is 54.8 cm³/mol. The molecule has 0 fully saturated rings. The minimum absolute atomic E-state index is 0.0877. The van der Waals surface area contributed by atoms with E-state index in [4.69, 9.17) is 10.8 Å². The Hall–Kier alpha value is -1.53. The molecule has 1 rings (SSSR count). The van der Waals surface area contributed by atoms with Crippen molar-refractivity contribution in [3.8, 4) is 0 Å². The first kappa shape index (κ1) is 12.5. The average Bonchev–Trinajstić information content (AvgIpc) is 2.26. The van der Waals surface area contributed by atoms with Gasteiger partial charge in [-0.1, -0.05) is 0 Å². The first-order valence-corrected chi connectivity index (χ1v) is 4.56. The maximum absolute atomic E-state index is 13.3. The Morgan fingerprint density at radius 2 is 2.19 bits per heavy atom. The second kappa shape index (κ2) is 5.00. The fraction of sp³-hybridized carbons (Fsp3) is 0.300. The minimum atomic E-state index is -1.12. The lowest BCUT2D eigenvalue weighted by molar-refractivity contribution is -0.120. The molecule has 0 saturated heterocycles. The predicted octanol–water partition coefficient (Wildman–Crippen LogP) is 0.247. The molecule has 1 aromatic rings. The summed E-state index contributed by atoms with van der Waals surface area (Å²) in [7, 11) is 1.30. The summed E-state index contributed by atoms with van der Waals surface area (Å²) < 4.78 is 25.9. The summed E-state index contributed by atoms with van der Waals surface area (Å²) in [6.07, 6.45) is 0. The van der Waals surface area contributed by atoms with E-state index >= 15 is 0 Å². The molecule has 88 valence electrons. The summed E-state index contributed by atoms with van der Waals surface area (Å²) in [5.41, 5.74) is 5.21. The molecule has 4 nitrogen and oxygen atoms in total. The molecule has 0 aliphatic rings. The van der Waals surface area contributed by atoms with E-state index in [1.54, 1.807) is 0 Å². The molecule has 3 N–H and O–H groups in total. The van der Waals surface area contributed by atoms with E-state index in [1.807, 2.05) is 0 Å². The number of aliphatic hydroxyl groups excluding tert-OH is 1. The molecule has 1 atom stereocenters. The highest BCUT2D eigenvalue weighted by Crippen LogP contribution is 2.19. The molecule has 0 heterocycles. The molecule has 0 radical (unpaired) electrons. The number of carbonyl (C=O) groups is 1. The zero-order valence-electron chi connectivity index (χ0n) is 8.65. The first-order valence-electron chi connectivity index (χ1n) is 4.56. The number of anilines is 1. The van der Waals surface area contributed by atoms with E-state index in [2.05, 4.69) is 0 Å². The van der Waals surface area contributed by atoms with Crippen molar-refractivity contribution in [1.29, 1.82) is 0 Å². The van der Waals surface area contributed by atoms with Crippen LogP contribution in [0, 0.1) is 11.6 Å². The Labute approximate surface area is 91.3 Å². The van der Waals surface area contributed by atoms with Gasteiger partial charge in [-0.25, -0.2) is 8.78 Å². The number of aliphatic hydroxyl groups is 1. The fourth-order valence-corrected chi connectivity index (χ4v) is 1.20. The van der Waals surface area contributed by atoms with Crippen LogP contribution in [0.5, 0.6) is 0 Å². The highest BCUT2D eigenvalue weighted by atomic mass is 19.1. The molecular formula is C10H12F2N2O2. The van der Waals surface area contributed by atoms with Gasteiger partial charge in [-0.05, 0) is 12.1 Å². The van der Waals surface area contributed by atoms with E-state index in [-0.39, 0.29) is 5.69 Å². The molecule has 0 saturated carbocycles. The van der Waals surface area contributed by atoms with Crippen molar-refractivity contribution in [2.75, 3.05) is 18.6 Å². The van der Waals surface area contributed by atoms with Crippen LogP contribution in [0.15, 0.2) is 18.2 Å². The van der Waals surface area contributed by atoms with Crippen LogP contribution < -0.4 is 10.6 Å². The Bertz CT molecular complexity index is 398. The third kappa shape index (κ3) is 2.53. The summed E-state index contributed by atoms with van der Waals surface area (Å²) in [5.74, 6) is -2.23. The Morgan fingerprint density at radius 3 is 2.69 bits per heavy atom. The van der Waals surface area contributed by atoms with Gasteiger partial charge in [0.25, 0.3) is 0 Å². The standard InChI is InChI=1S/C10H12F2N2O2/c1-14(10(16)8(13)5-15)9-3-2-6(11)4-7(9)12/h2-4,8,15H,5,13H2,1H3. The van der Waals surface area contributed by atoms with Gasteiger partial charge in [0.05, 0.1) is 12.3 Å². The lowest BCUT2D eigenvalue weighted by Gasteiger charge is -2.20. The van der Waals surface area contributed by atoms with Crippen LogP contribution in [0.25, 0.3) is 0 Å². The number of amides is 1. The number of rotatable bonds is 3. The number of benzene rings is 1. The first-order chi connectivity index (χ1) is 7.47. The van der Waals surface area contributed by atoms with Crippen LogP contribution in [0.2, 0.25) is 0 Å². The van der Waals surface area contributed by atoms with Gasteiger partial charge in [0.15, 0.2) is 0 Å². The highest BCUT2D eigenvalue weighted by Gasteiger charge is 2.20. The molecule has 1 aromatic carbocycles. The summed E-state index contributed by atoms with van der Waals surface area (Å²) in [5, 5.41) is 8.69. The molecule has 16 heavy (non-hydrogen) atoms. The molecule has 0 bridgehead atoms. The van der Waals surface area contributed by atoms with Crippen molar-refractivity contribution in [3.05, 3.63) is 29.8 Å². The average molecular weight is 230 g/mol. The number of nitrogens with zero attached hydrogens (tertiary/aromatic N) is 1. The second-order valence-corrected chi connectivity index (χ2v) is 3.28. The lowest BCUT2D eigenvalue weighted by Crippen LogP contribution is -2.44. The summed E-state index contributed by atoms with van der Waals surface area (Å²) in [6.45, 7) is -0.536. The van der Waals surface area contributed by atoms with E-state index in [9.17, 15) is 13.6 Å². The number of halogens is 2. The van der Waals surface area contributed by atoms with Crippen LogP contribution in [0.1, 0.15) is 0 Å². The van der Waals surface area contributed by atoms with E-state index in [0.29, 0.717) is 6.07 Å². The second-order valence-electron chi connectivity index (χ2n) is 3.28. The van der Waals surface area contributed by atoms with Crippen LogP contribution in [-0.2, 0) is 4.79 Å². The van der Waals surface area contributed by atoms with Gasteiger partial charge < -0.3 is 15.7 Å². The van der Waals surface area contributed by atoms with Crippen molar-refractivity contribution in [2.24, 2.45) is 5.73 Å². The van der Waals surface area contributed by atoms with Gasteiger partial charge in [0.2, 0.25) is 5.91 Å². The van der Waals surface area contributed by atoms with Crippen LogP contribution in [-0.4, -0.2) is 30.7 Å². The third-order valence-corrected chi connectivity index (χ3v) is 2.12. The molecule has 0 aliphatic heterocycles. The Kier molecular flexibility index (Phi) is 3.92. The number of hydrogen-bond donors (Lipinski definition) is 2. The maximum Gasteiger partial charge on any atom is 0.246 e. The molecule has 6 heteroatoms. The zero-order valence-corrected chi connectivity index (χ0v) is 8.65. The smallest absolute Gasteiger partial charge is 0.246 e. The fourth-order valence-electron chi connectivity index (χ4n) is 1.20. The van der Waals surface area contributed by atoms with Crippen molar-refractivity contribution < 1.29 is 18.7 Å². The quantitative estimate of drug-likeness (QED) is 0.782. The normalized spacial score (nSPS) is 12.3. The van der Waals surface area contributed by atoms with E-state index < -0.39 is 30.2 Å². The van der Waals surface area contributed by atoms with Gasteiger partial charge in [-0.2, -0.15) is 0 Å². The van der Waals surface area contributed by atoms with E-state index in [1.165, 1.54) is 7.05 Å². The molecule has 0 spiro atoms. The van der Waals surface area contributed by atoms with Crippen LogP contribution >= 0.6 is 0 Å². The van der Waals surface area contributed by atoms with E-state index in [0.717, 1.165) is 17.0 Å². The zero-order chi connectivity index (χ0) is 12.3. The highest BCUT2D eigenvalue weighted by molar-refractivity contribution is 5.96. The van der Waals surface area contributed by atoms with Crippen LogP contribution in [0.3, 0.4) is 0 Å². The Balaban J connectivity index is 2.96. The summed E-state index contributed by atoms with van der Waals surface area (Å²) in [4.78, 5) is 12.4. The maximum atomic E-state index is 13.3. The minimum Gasteiger partial charge on any atom is -0.394 e. The SMILES string of the molecule is CN(C(=O)C(N)CO)c1ccc(F)cc1F. The summed E-state index contributed by atoms with van der Waals surface area (Å²) >= 11 is 0. The topological polar surface area (TPSA) is 66.6 Å². The molecule has 1 amide bonds. The molecular weight excluding hydrogens is 218 g/mol. The van der Waals surface area contributed by atoms with Gasteiger partial charge in [0, 0.05) is 13.1 Å². The number of carbonyl (C=O) groups excluding carboxylic acids is 1. The largest absolute Gasteiger partial charge is 0.394 e. The van der Waals surface area contributed by atoms with Crippen LogP contribution in [0.4, 0.5) is 14.5 Å². The number of likely N-dealkylation sites (N-methyl/N-ethyl adjacent to an activating group) is 1. The van der Waals surface area contributed by atoms with Gasteiger partial charge in [-0.15, -0.1) is 0 Å². The lowest BCUT2D eigenvalue weighted by atomic mass is 10.2. The van der Waals surface area contributed by atoms with Crippen molar-refractivity contribution in [3.63, 3.8) is 0 Å².